The monoisotopic (exact) mass is 491 g/mol. The SMILES string of the molecule is CCCc1ccc(S(=O)(=O)N2CCc3c(c(COCc4ccc(F)cc4Cl)nn3C)C2)cc1. The predicted octanol–water partition coefficient (Wildman–Crippen LogP) is 4.63. The smallest absolute Gasteiger partial charge is 0.243 e. The third kappa shape index (κ3) is 5.14. The number of ether oxygens (including phenoxy) is 1. The maximum atomic E-state index is 13.3. The van der Waals surface area contributed by atoms with Gasteiger partial charge in [-0.3, -0.25) is 4.68 Å². The zero-order valence-electron chi connectivity index (χ0n) is 18.7. The fourth-order valence-corrected chi connectivity index (χ4v) is 5.76. The molecule has 0 saturated carbocycles. The minimum atomic E-state index is -3.61. The molecule has 1 aliphatic heterocycles. The molecule has 0 amide bonds. The van der Waals surface area contributed by atoms with Gasteiger partial charge in [-0.25, -0.2) is 12.8 Å². The fourth-order valence-electron chi connectivity index (χ4n) is 4.13. The Morgan fingerprint density at radius 2 is 1.91 bits per heavy atom. The van der Waals surface area contributed by atoms with Crippen LogP contribution < -0.4 is 0 Å². The van der Waals surface area contributed by atoms with Crippen LogP contribution in [-0.2, 0) is 54.4 Å². The highest BCUT2D eigenvalue weighted by Gasteiger charge is 2.32. The quantitative estimate of drug-likeness (QED) is 0.461. The zero-order valence-corrected chi connectivity index (χ0v) is 20.3. The maximum Gasteiger partial charge on any atom is 0.243 e. The first-order valence-corrected chi connectivity index (χ1v) is 12.8. The molecule has 0 fully saturated rings. The Bertz CT molecular complexity index is 1240. The average Bonchev–Trinajstić information content (AvgIpc) is 3.11. The molecule has 176 valence electrons. The summed E-state index contributed by atoms with van der Waals surface area (Å²) in [6.45, 7) is 3.15. The molecular formula is C24H27ClFN3O3S. The van der Waals surface area contributed by atoms with Crippen molar-refractivity contribution in [3.05, 3.63) is 81.4 Å². The first kappa shape index (κ1) is 23.9. The van der Waals surface area contributed by atoms with Gasteiger partial charge in [0.15, 0.2) is 0 Å². The number of benzene rings is 2. The van der Waals surface area contributed by atoms with Crippen molar-refractivity contribution in [1.29, 1.82) is 0 Å². The van der Waals surface area contributed by atoms with E-state index in [-0.39, 0.29) is 19.8 Å². The van der Waals surface area contributed by atoms with Crippen molar-refractivity contribution in [3.63, 3.8) is 0 Å². The van der Waals surface area contributed by atoms with Crippen molar-refractivity contribution < 1.29 is 17.5 Å². The van der Waals surface area contributed by atoms with Crippen molar-refractivity contribution in [2.24, 2.45) is 7.05 Å². The molecule has 0 bridgehead atoms. The van der Waals surface area contributed by atoms with Gasteiger partial charge in [0, 0.05) is 42.8 Å². The van der Waals surface area contributed by atoms with Crippen LogP contribution in [0.1, 0.15) is 41.4 Å². The standard InChI is InChI=1S/C24H27ClFN3O3S/c1-3-4-17-5-9-20(10-6-17)33(30,31)29-12-11-24-21(14-29)23(27-28(24)2)16-32-15-18-7-8-19(26)13-22(18)25/h5-10,13H,3-4,11-12,14-16H2,1-2H3. The normalized spacial score (nSPS) is 14.4. The largest absolute Gasteiger partial charge is 0.370 e. The van der Waals surface area contributed by atoms with Crippen LogP contribution >= 0.6 is 11.6 Å². The fraction of sp³-hybridized carbons (Fsp3) is 0.375. The molecule has 9 heteroatoms. The number of aromatic nitrogens is 2. The molecule has 0 radical (unpaired) electrons. The van der Waals surface area contributed by atoms with Crippen LogP contribution in [0.2, 0.25) is 5.02 Å². The molecule has 0 aliphatic carbocycles. The van der Waals surface area contributed by atoms with E-state index in [0.717, 1.165) is 29.7 Å². The van der Waals surface area contributed by atoms with Gasteiger partial charge < -0.3 is 4.74 Å². The van der Waals surface area contributed by atoms with Crippen LogP contribution in [0.4, 0.5) is 4.39 Å². The van der Waals surface area contributed by atoms with E-state index in [1.54, 1.807) is 22.9 Å². The van der Waals surface area contributed by atoms with E-state index in [9.17, 15) is 12.8 Å². The van der Waals surface area contributed by atoms with Gasteiger partial charge >= 0.3 is 0 Å². The molecule has 4 rings (SSSR count). The lowest BCUT2D eigenvalue weighted by Gasteiger charge is -2.27. The van der Waals surface area contributed by atoms with Crippen LogP contribution in [0.3, 0.4) is 0 Å². The first-order valence-electron chi connectivity index (χ1n) is 10.9. The van der Waals surface area contributed by atoms with E-state index in [0.29, 0.717) is 34.1 Å². The Balaban J connectivity index is 1.48. The van der Waals surface area contributed by atoms with Crippen LogP contribution in [0.25, 0.3) is 0 Å². The lowest BCUT2D eigenvalue weighted by atomic mass is 10.1. The Kier molecular flexibility index (Phi) is 7.19. The molecule has 0 atom stereocenters. The Labute approximate surface area is 199 Å². The number of aryl methyl sites for hydroxylation is 2. The predicted molar refractivity (Wildman–Crippen MR) is 125 cm³/mol. The summed E-state index contributed by atoms with van der Waals surface area (Å²) >= 11 is 6.07. The molecule has 3 aromatic rings. The highest BCUT2D eigenvalue weighted by atomic mass is 35.5. The van der Waals surface area contributed by atoms with E-state index in [4.69, 9.17) is 16.3 Å². The first-order chi connectivity index (χ1) is 15.8. The molecule has 6 nitrogen and oxygen atoms in total. The molecule has 0 saturated heterocycles. The number of hydrogen-bond acceptors (Lipinski definition) is 4. The van der Waals surface area contributed by atoms with Crippen molar-refractivity contribution >= 4 is 21.6 Å². The molecule has 0 unspecified atom stereocenters. The van der Waals surface area contributed by atoms with Crippen LogP contribution in [0.15, 0.2) is 47.4 Å². The molecular weight excluding hydrogens is 465 g/mol. The van der Waals surface area contributed by atoms with Gasteiger partial charge in [0.05, 0.1) is 23.8 Å². The van der Waals surface area contributed by atoms with Gasteiger partial charge in [-0.2, -0.15) is 9.40 Å². The Hall–Kier alpha value is -2.26. The molecule has 0 N–H and O–H groups in total. The van der Waals surface area contributed by atoms with E-state index in [1.807, 2.05) is 19.2 Å². The average molecular weight is 492 g/mol. The molecule has 33 heavy (non-hydrogen) atoms. The van der Waals surface area contributed by atoms with Gasteiger partial charge in [0.25, 0.3) is 0 Å². The van der Waals surface area contributed by atoms with Crippen molar-refractivity contribution in [2.75, 3.05) is 6.54 Å². The second-order valence-corrected chi connectivity index (χ2v) is 10.6. The van der Waals surface area contributed by atoms with Gasteiger partial charge in [0.1, 0.15) is 5.82 Å². The summed E-state index contributed by atoms with van der Waals surface area (Å²) in [5.41, 5.74) is 4.39. The van der Waals surface area contributed by atoms with Crippen LogP contribution in [-0.4, -0.2) is 29.0 Å². The summed E-state index contributed by atoms with van der Waals surface area (Å²) in [5, 5.41) is 4.86. The van der Waals surface area contributed by atoms with E-state index in [1.165, 1.54) is 16.4 Å². The van der Waals surface area contributed by atoms with E-state index >= 15 is 0 Å². The Morgan fingerprint density at radius 3 is 2.61 bits per heavy atom. The summed E-state index contributed by atoms with van der Waals surface area (Å²) in [6.07, 6.45) is 2.52. The number of nitrogens with zero attached hydrogens (tertiary/aromatic N) is 3. The number of rotatable bonds is 8. The third-order valence-corrected chi connectivity index (χ3v) is 8.11. The van der Waals surface area contributed by atoms with Crippen molar-refractivity contribution in [3.8, 4) is 0 Å². The molecule has 2 aromatic carbocycles. The second-order valence-electron chi connectivity index (χ2n) is 8.21. The Morgan fingerprint density at radius 1 is 1.15 bits per heavy atom. The van der Waals surface area contributed by atoms with E-state index < -0.39 is 15.8 Å². The highest BCUT2D eigenvalue weighted by Crippen LogP contribution is 2.28. The van der Waals surface area contributed by atoms with Gasteiger partial charge in [-0.05, 0) is 41.8 Å². The van der Waals surface area contributed by atoms with Gasteiger partial charge in [-0.1, -0.05) is 43.1 Å². The van der Waals surface area contributed by atoms with Crippen LogP contribution in [0.5, 0.6) is 0 Å². The third-order valence-electron chi connectivity index (χ3n) is 5.90. The number of halogens is 2. The minimum absolute atomic E-state index is 0.205. The summed E-state index contributed by atoms with van der Waals surface area (Å²) in [4.78, 5) is 0.304. The lowest BCUT2D eigenvalue weighted by Crippen LogP contribution is -2.36. The molecule has 1 aromatic heterocycles. The summed E-state index contributed by atoms with van der Waals surface area (Å²) in [6, 6.07) is 11.3. The summed E-state index contributed by atoms with van der Waals surface area (Å²) < 4.78 is 48.9. The topological polar surface area (TPSA) is 64.4 Å². The summed E-state index contributed by atoms with van der Waals surface area (Å²) in [5.74, 6) is -0.399. The molecule has 2 heterocycles. The number of fused-ring (bicyclic) bond motifs is 1. The second kappa shape index (κ2) is 9.93. The minimum Gasteiger partial charge on any atom is -0.370 e. The number of sulfonamides is 1. The van der Waals surface area contributed by atoms with Gasteiger partial charge in [-0.15, -0.1) is 0 Å². The molecule has 1 aliphatic rings. The zero-order chi connectivity index (χ0) is 23.6. The molecule has 0 spiro atoms. The van der Waals surface area contributed by atoms with Crippen molar-refractivity contribution in [2.45, 2.75) is 50.8 Å². The van der Waals surface area contributed by atoms with Gasteiger partial charge in [0.2, 0.25) is 10.0 Å². The number of hydrogen-bond donors (Lipinski definition) is 0. The maximum absolute atomic E-state index is 13.3. The summed E-state index contributed by atoms with van der Waals surface area (Å²) in [7, 11) is -1.76. The van der Waals surface area contributed by atoms with Crippen LogP contribution in [0, 0.1) is 5.82 Å². The lowest BCUT2D eigenvalue weighted by molar-refractivity contribution is 0.103. The van der Waals surface area contributed by atoms with E-state index in [2.05, 4.69) is 12.0 Å². The highest BCUT2D eigenvalue weighted by molar-refractivity contribution is 7.89. The van der Waals surface area contributed by atoms with Crippen molar-refractivity contribution in [1.82, 2.24) is 14.1 Å².